The van der Waals surface area contributed by atoms with Gasteiger partial charge in [-0.1, -0.05) is 26.7 Å². The van der Waals surface area contributed by atoms with Crippen LogP contribution < -0.4 is 0 Å². The van der Waals surface area contributed by atoms with Crippen molar-refractivity contribution in [2.75, 3.05) is 13.1 Å². The molecular weight excluding hydrogens is 210 g/mol. The first kappa shape index (κ1) is 13.4. The third-order valence-corrected chi connectivity index (χ3v) is 5.17. The van der Waals surface area contributed by atoms with Crippen molar-refractivity contribution in [3.63, 3.8) is 0 Å². The van der Waals surface area contributed by atoms with Gasteiger partial charge in [0.05, 0.1) is 5.60 Å². The maximum atomic E-state index is 10.5. The molecule has 2 aliphatic rings. The van der Waals surface area contributed by atoms with Gasteiger partial charge in [-0.2, -0.15) is 0 Å². The Labute approximate surface area is 106 Å². The number of nitrogens with zero attached hydrogens (tertiary/aromatic N) is 1. The lowest BCUT2D eigenvalue weighted by molar-refractivity contribution is -0.0414. The standard InChI is InChI=1S/C15H29NO/c1-3-15(17,4-2)12-16-11-7-9-13-8-5-6-10-14(13)16/h13-14,17H,3-12H2,1-2H3/t13-,14-/m1/s1. The Balaban J connectivity index is 1.98. The van der Waals surface area contributed by atoms with Gasteiger partial charge in [-0.05, 0) is 51.0 Å². The summed E-state index contributed by atoms with van der Waals surface area (Å²) in [6.07, 6.45) is 10.2. The highest BCUT2D eigenvalue weighted by Crippen LogP contribution is 2.36. The SMILES string of the molecule is CCC(O)(CC)CN1CCC[C@H]2CCCC[C@H]21. The molecule has 2 heteroatoms. The van der Waals surface area contributed by atoms with Gasteiger partial charge < -0.3 is 5.11 Å². The van der Waals surface area contributed by atoms with Crippen molar-refractivity contribution < 1.29 is 5.11 Å². The van der Waals surface area contributed by atoms with Crippen molar-refractivity contribution in [1.29, 1.82) is 0 Å². The van der Waals surface area contributed by atoms with Crippen LogP contribution in [-0.2, 0) is 0 Å². The first-order valence-electron chi connectivity index (χ1n) is 7.65. The van der Waals surface area contributed by atoms with E-state index in [0.29, 0.717) is 0 Å². The molecule has 2 nitrogen and oxygen atoms in total. The second-order valence-corrected chi connectivity index (χ2v) is 6.16. The molecule has 17 heavy (non-hydrogen) atoms. The van der Waals surface area contributed by atoms with Gasteiger partial charge in [-0.15, -0.1) is 0 Å². The highest BCUT2D eigenvalue weighted by atomic mass is 16.3. The molecule has 1 N–H and O–H groups in total. The highest BCUT2D eigenvalue weighted by Gasteiger charge is 2.36. The number of likely N-dealkylation sites (tertiary alicyclic amines) is 1. The number of hydrogen-bond donors (Lipinski definition) is 1. The van der Waals surface area contributed by atoms with Gasteiger partial charge in [0.2, 0.25) is 0 Å². The van der Waals surface area contributed by atoms with Crippen LogP contribution in [0.2, 0.25) is 0 Å². The third kappa shape index (κ3) is 3.03. The topological polar surface area (TPSA) is 23.5 Å². The average Bonchev–Trinajstić information content (AvgIpc) is 2.39. The number of aliphatic hydroxyl groups is 1. The van der Waals surface area contributed by atoms with Gasteiger partial charge in [0.25, 0.3) is 0 Å². The molecule has 1 saturated carbocycles. The Morgan fingerprint density at radius 1 is 1.06 bits per heavy atom. The lowest BCUT2D eigenvalue weighted by Gasteiger charge is -2.46. The Morgan fingerprint density at radius 3 is 2.41 bits per heavy atom. The summed E-state index contributed by atoms with van der Waals surface area (Å²) in [4.78, 5) is 2.61. The van der Waals surface area contributed by atoms with E-state index in [0.717, 1.165) is 31.3 Å². The fourth-order valence-corrected chi connectivity index (χ4v) is 3.78. The zero-order valence-electron chi connectivity index (χ0n) is 11.6. The molecule has 100 valence electrons. The van der Waals surface area contributed by atoms with Crippen molar-refractivity contribution in [3.8, 4) is 0 Å². The molecule has 0 aromatic heterocycles. The van der Waals surface area contributed by atoms with Crippen LogP contribution in [0.3, 0.4) is 0 Å². The zero-order valence-corrected chi connectivity index (χ0v) is 11.6. The van der Waals surface area contributed by atoms with Crippen LogP contribution in [0.15, 0.2) is 0 Å². The summed E-state index contributed by atoms with van der Waals surface area (Å²) in [6.45, 7) is 6.35. The molecule has 1 heterocycles. The smallest absolute Gasteiger partial charge is 0.0769 e. The Morgan fingerprint density at radius 2 is 1.71 bits per heavy atom. The van der Waals surface area contributed by atoms with E-state index in [2.05, 4.69) is 18.7 Å². The second kappa shape index (κ2) is 5.71. The maximum Gasteiger partial charge on any atom is 0.0769 e. The average molecular weight is 239 g/mol. The molecule has 2 atom stereocenters. The summed E-state index contributed by atoms with van der Waals surface area (Å²) >= 11 is 0. The summed E-state index contributed by atoms with van der Waals surface area (Å²) in [6, 6.07) is 0.780. The van der Waals surface area contributed by atoms with Gasteiger partial charge in [-0.3, -0.25) is 4.90 Å². The zero-order chi connectivity index (χ0) is 12.3. The van der Waals surface area contributed by atoms with E-state index in [1.165, 1.54) is 45.1 Å². The predicted molar refractivity (Wildman–Crippen MR) is 72.1 cm³/mol. The van der Waals surface area contributed by atoms with Crippen molar-refractivity contribution >= 4 is 0 Å². The summed E-state index contributed by atoms with van der Waals surface area (Å²) in [5.41, 5.74) is -0.445. The molecule has 0 aromatic rings. The van der Waals surface area contributed by atoms with Gasteiger partial charge in [0.1, 0.15) is 0 Å². The lowest BCUT2D eigenvalue weighted by Crippen LogP contribution is -2.52. The molecule has 1 aliphatic heterocycles. The van der Waals surface area contributed by atoms with Crippen LogP contribution in [0.5, 0.6) is 0 Å². The van der Waals surface area contributed by atoms with Gasteiger partial charge in [0, 0.05) is 12.6 Å². The summed E-state index contributed by atoms with van der Waals surface area (Å²) in [7, 11) is 0. The third-order valence-electron chi connectivity index (χ3n) is 5.17. The lowest BCUT2D eigenvalue weighted by atomic mass is 9.77. The minimum atomic E-state index is -0.445. The van der Waals surface area contributed by atoms with Gasteiger partial charge in [0.15, 0.2) is 0 Å². The molecule has 2 rings (SSSR count). The predicted octanol–water partition coefficient (Wildman–Crippen LogP) is 3.19. The first-order chi connectivity index (χ1) is 8.18. The van der Waals surface area contributed by atoms with E-state index in [1.807, 2.05) is 0 Å². The minimum absolute atomic E-state index is 0.445. The largest absolute Gasteiger partial charge is 0.389 e. The van der Waals surface area contributed by atoms with E-state index >= 15 is 0 Å². The van der Waals surface area contributed by atoms with Gasteiger partial charge >= 0.3 is 0 Å². The molecule has 2 fully saturated rings. The number of hydrogen-bond acceptors (Lipinski definition) is 2. The minimum Gasteiger partial charge on any atom is -0.389 e. The van der Waals surface area contributed by atoms with Crippen LogP contribution in [-0.4, -0.2) is 34.7 Å². The van der Waals surface area contributed by atoms with Crippen molar-refractivity contribution in [1.82, 2.24) is 4.90 Å². The number of piperidine rings is 1. The Kier molecular flexibility index (Phi) is 4.48. The monoisotopic (exact) mass is 239 g/mol. The highest BCUT2D eigenvalue weighted by molar-refractivity contribution is 4.91. The number of β-amino-alcohol motifs (C(OH)–C–C–N with tert-alkyl or cyclic N) is 1. The molecule has 1 saturated heterocycles. The fourth-order valence-electron chi connectivity index (χ4n) is 3.78. The quantitative estimate of drug-likeness (QED) is 0.814. The van der Waals surface area contributed by atoms with Crippen LogP contribution >= 0.6 is 0 Å². The summed E-state index contributed by atoms with van der Waals surface area (Å²) in [5, 5.41) is 10.5. The normalized spacial score (nSPS) is 31.2. The molecular formula is C15H29NO. The van der Waals surface area contributed by atoms with Crippen molar-refractivity contribution in [2.24, 2.45) is 5.92 Å². The van der Waals surface area contributed by atoms with Crippen LogP contribution in [0.25, 0.3) is 0 Å². The summed E-state index contributed by atoms with van der Waals surface area (Å²) in [5.74, 6) is 0.926. The van der Waals surface area contributed by atoms with Crippen LogP contribution in [0, 0.1) is 5.92 Å². The Hall–Kier alpha value is -0.0800. The maximum absolute atomic E-state index is 10.5. The van der Waals surface area contributed by atoms with Crippen molar-refractivity contribution in [3.05, 3.63) is 0 Å². The molecule has 1 aliphatic carbocycles. The van der Waals surface area contributed by atoms with E-state index < -0.39 is 5.60 Å². The number of rotatable bonds is 4. The van der Waals surface area contributed by atoms with Gasteiger partial charge in [-0.25, -0.2) is 0 Å². The Bertz CT molecular complexity index is 235. The molecule has 0 spiro atoms. The molecule has 0 unspecified atom stereocenters. The van der Waals surface area contributed by atoms with Crippen LogP contribution in [0.4, 0.5) is 0 Å². The molecule has 0 radical (unpaired) electrons. The second-order valence-electron chi connectivity index (χ2n) is 6.16. The van der Waals surface area contributed by atoms with E-state index in [1.54, 1.807) is 0 Å². The van der Waals surface area contributed by atoms with Crippen molar-refractivity contribution in [2.45, 2.75) is 76.9 Å². The number of fused-ring (bicyclic) bond motifs is 1. The molecule has 0 bridgehead atoms. The summed E-state index contributed by atoms with van der Waals surface area (Å²) < 4.78 is 0. The van der Waals surface area contributed by atoms with Crippen LogP contribution in [0.1, 0.15) is 65.2 Å². The molecule has 0 aromatic carbocycles. The van der Waals surface area contributed by atoms with E-state index in [9.17, 15) is 5.11 Å². The van der Waals surface area contributed by atoms with E-state index in [-0.39, 0.29) is 0 Å². The molecule has 0 amide bonds. The van der Waals surface area contributed by atoms with E-state index in [4.69, 9.17) is 0 Å². The fraction of sp³-hybridized carbons (Fsp3) is 1.00. The first-order valence-corrected chi connectivity index (χ1v) is 7.65.